The fourth-order valence-electron chi connectivity index (χ4n) is 0.957. The predicted octanol–water partition coefficient (Wildman–Crippen LogP) is 1.88. The van der Waals surface area contributed by atoms with E-state index in [9.17, 15) is 18.4 Å². The monoisotopic (exact) mass is 226 g/mol. The molecule has 0 unspecified atom stereocenters. The van der Waals surface area contributed by atoms with Gasteiger partial charge in [0.05, 0.1) is 7.11 Å². The lowest BCUT2D eigenvalue weighted by molar-refractivity contribution is -0.134. The lowest BCUT2D eigenvalue weighted by Gasteiger charge is -1.97. The second-order valence-corrected chi connectivity index (χ2v) is 2.85. The zero-order valence-electron chi connectivity index (χ0n) is 8.37. The van der Waals surface area contributed by atoms with Crippen molar-refractivity contribution in [1.29, 1.82) is 0 Å². The van der Waals surface area contributed by atoms with Gasteiger partial charge in [0.25, 0.3) is 0 Å². The molecule has 84 valence electrons. The molecule has 1 aromatic rings. The van der Waals surface area contributed by atoms with Gasteiger partial charge in [-0.05, 0) is 24.3 Å². The highest BCUT2D eigenvalue weighted by atomic mass is 19.2. The zero-order valence-corrected chi connectivity index (χ0v) is 8.37. The summed E-state index contributed by atoms with van der Waals surface area (Å²) in [4.78, 5) is 22.0. The smallest absolute Gasteiger partial charge is 0.330 e. The van der Waals surface area contributed by atoms with Gasteiger partial charge in [-0.15, -0.1) is 0 Å². The van der Waals surface area contributed by atoms with Gasteiger partial charge in [-0.25, -0.2) is 13.6 Å². The largest absolute Gasteiger partial charge is 0.466 e. The van der Waals surface area contributed by atoms with Crippen LogP contribution in [0.2, 0.25) is 0 Å². The van der Waals surface area contributed by atoms with E-state index < -0.39 is 23.4 Å². The van der Waals surface area contributed by atoms with E-state index in [1.807, 2.05) is 0 Å². The van der Waals surface area contributed by atoms with Gasteiger partial charge >= 0.3 is 5.97 Å². The van der Waals surface area contributed by atoms with Crippen LogP contribution in [0.4, 0.5) is 8.78 Å². The minimum absolute atomic E-state index is 0.0425. The molecule has 0 saturated carbocycles. The number of carbonyl (C=O) groups is 2. The molecule has 0 bridgehead atoms. The van der Waals surface area contributed by atoms with Crippen LogP contribution in [0.15, 0.2) is 30.4 Å². The fourth-order valence-corrected chi connectivity index (χ4v) is 0.957. The second-order valence-electron chi connectivity index (χ2n) is 2.85. The molecular weight excluding hydrogens is 218 g/mol. The van der Waals surface area contributed by atoms with Crippen LogP contribution in [0.5, 0.6) is 0 Å². The molecule has 0 amide bonds. The third-order valence-electron chi connectivity index (χ3n) is 1.78. The van der Waals surface area contributed by atoms with Gasteiger partial charge in [-0.3, -0.25) is 4.79 Å². The van der Waals surface area contributed by atoms with Crippen LogP contribution in [0.3, 0.4) is 0 Å². The number of methoxy groups -OCH3 is 1. The minimum Gasteiger partial charge on any atom is -0.466 e. The van der Waals surface area contributed by atoms with Crippen LogP contribution in [0.1, 0.15) is 10.4 Å². The molecule has 0 fully saturated rings. The Bertz CT molecular complexity index is 453. The van der Waals surface area contributed by atoms with E-state index in [2.05, 4.69) is 4.74 Å². The van der Waals surface area contributed by atoms with Gasteiger partial charge in [0, 0.05) is 11.6 Å². The maximum Gasteiger partial charge on any atom is 0.330 e. The molecule has 0 aliphatic carbocycles. The molecule has 3 nitrogen and oxygen atoms in total. The molecule has 0 atom stereocenters. The summed E-state index contributed by atoms with van der Waals surface area (Å²) in [5.74, 6) is -3.45. The number of hydrogen-bond acceptors (Lipinski definition) is 3. The summed E-state index contributed by atoms with van der Waals surface area (Å²) in [6.45, 7) is 0. The Labute approximate surface area is 90.3 Å². The first-order chi connectivity index (χ1) is 7.54. The van der Waals surface area contributed by atoms with Crippen molar-refractivity contribution in [1.82, 2.24) is 0 Å². The van der Waals surface area contributed by atoms with Crippen LogP contribution in [0.25, 0.3) is 0 Å². The topological polar surface area (TPSA) is 43.4 Å². The van der Waals surface area contributed by atoms with E-state index in [0.29, 0.717) is 0 Å². The summed E-state index contributed by atoms with van der Waals surface area (Å²) < 4.78 is 29.6. The van der Waals surface area contributed by atoms with Crippen LogP contribution >= 0.6 is 0 Å². The van der Waals surface area contributed by atoms with Crippen molar-refractivity contribution in [3.8, 4) is 0 Å². The summed E-state index contributed by atoms with van der Waals surface area (Å²) in [7, 11) is 1.16. The van der Waals surface area contributed by atoms with Gasteiger partial charge in [0.2, 0.25) is 0 Å². The first-order valence-corrected chi connectivity index (χ1v) is 4.30. The Balaban J connectivity index is 2.85. The molecule has 1 aromatic carbocycles. The molecule has 5 heteroatoms. The van der Waals surface area contributed by atoms with Crippen molar-refractivity contribution in [3.05, 3.63) is 47.5 Å². The second kappa shape index (κ2) is 5.16. The van der Waals surface area contributed by atoms with Crippen molar-refractivity contribution in [3.63, 3.8) is 0 Å². The number of benzene rings is 1. The maximum absolute atomic E-state index is 12.8. The van der Waals surface area contributed by atoms with Crippen LogP contribution in [-0.4, -0.2) is 18.9 Å². The first-order valence-electron chi connectivity index (χ1n) is 4.30. The molecule has 0 spiro atoms. The molecule has 16 heavy (non-hydrogen) atoms. The summed E-state index contributed by atoms with van der Waals surface area (Å²) in [5, 5.41) is 0. The Hall–Kier alpha value is -2.04. The van der Waals surface area contributed by atoms with Gasteiger partial charge in [-0.1, -0.05) is 0 Å². The first kappa shape index (κ1) is 12.0. The third kappa shape index (κ3) is 2.98. The van der Waals surface area contributed by atoms with E-state index >= 15 is 0 Å². The average molecular weight is 226 g/mol. The molecule has 0 heterocycles. The third-order valence-corrected chi connectivity index (χ3v) is 1.78. The predicted molar refractivity (Wildman–Crippen MR) is 51.8 cm³/mol. The lowest BCUT2D eigenvalue weighted by atomic mass is 10.1. The standard InChI is InChI=1S/C11H8F2O3/c1-16-11(15)5-4-10(14)7-2-3-8(12)9(13)6-7/h2-6H,1H3/b5-4+. The molecule has 0 radical (unpaired) electrons. The fraction of sp³-hybridized carbons (Fsp3) is 0.0909. The number of allylic oxidation sites excluding steroid dienone is 1. The summed E-state index contributed by atoms with van der Waals surface area (Å²) in [6, 6.07) is 2.73. The van der Waals surface area contributed by atoms with Crippen molar-refractivity contribution in [2.75, 3.05) is 7.11 Å². The van der Waals surface area contributed by atoms with Gasteiger partial charge < -0.3 is 4.74 Å². The normalized spacial score (nSPS) is 10.4. The molecule has 0 aliphatic rings. The Kier molecular flexibility index (Phi) is 3.88. The van der Waals surface area contributed by atoms with Gasteiger partial charge in [-0.2, -0.15) is 0 Å². The van der Waals surface area contributed by atoms with Crippen molar-refractivity contribution in [2.45, 2.75) is 0 Å². The highest BCUT2D eigenvalue weighted by Crippen LogP contribution is 2.09. The number of carbonyl (C=O) groups excluding carboxylic acids is 2. The number of hydrogen-bond donors (Lipinski definition) is 0. The van der Waals surface area contributed by atoms with Crippen molar-refractivity contribution < 1.29 is 23.1 Å². The highest BCUT2D eigenvalue weighted by molar-refractivity contribution is 6.06. The number of ketones is 1. The van der Waals surface area contributed by atoms with E-state index in [0.717, 1.165) is 37.5 Å². The summed E-state index contributed by atoms with van der Waals surface area (Å²) in [5.41, 5.74) is -0.0425. The van der Waals surface area contributed by atoms with E-state index in [-0.39, 0.29) is 5.56 Å². The van der Waals surface area contributed by atoms with Crippen LogP contribution in [-0.2, 0) is 9.53 Å². The number of ether oxygens (including phenoxy) is 1. The Morgan fingerprint density at radius 3 is 2.44 bits per heavy atom. The average Bonchev–Trinajstić information content (AvgIpc) is 2.29. The van der Waals surface area contributed by atoms with Crippen molar-refractivity contribution in [2.24, 2.45) is 0 Å². The Morgan fingerprint density at radius 1 is 1.19 bits per heavy atom. The maximum atomic E-state index is 12.8. The summed E-state index contributed by atoms with van der Waals surface area (Å²) >= 11 is 0. The van der Waals surface area contributed by atoms with Gasteiger partial charge in [0.1, 0.15) is 0 Å². The molecule has 0 N–H and O–H groups in total. The van der Waals surface area contributed by atoms with Crippen LogP contribution in [0, 0.1) is 11.6 Å². The highest BCUT2D eigenvalue weighted by Gasteiger charge is 2.07. The van der Waals surface area contributed by atoms with E-state index in [1.54, 1.807) is 0 Å². The van der Waals surface area contributed by atoms with Crippen LogP contribution < -0.4 is 0 Å². The molecule has 0 aromatic heterocycles. The molecule has 1 rings (SSSR count). The summed E-state index contributed by atoms with van der Waals surface area (Å²) in [6.07, 6.45) is 1.84. The van der Waals surface area contributed by atoms with Crippen molar-refractivity contribution >= 4 is 11.8 Å². The number of esters is 1. The SMILES string of the molecule is COC(=O)/C=C/C(=O)c1ccc(F)c(F)c1. The molecule has 0 aliphatic heterocycles. The molecular formula is C11H8F2O3. The minimum atomic E-state index is -1.11. The quantitative estimate of drug-likeness (QED) is 0.449. The Morgan fingerprint density at radius 2 is 1.88 bits per heavy atom. The number of halogens is 2. The zero-order chi connectivity index (χ0) is 12.1. The lowest BCUT2D eigenvalue weighted by Crippen LogP contribution is -2.00. The number of rotatable bonds is 3. The van der Waals surface area contributed by atoms with E-state index in [1.165, 1.54) is 0 Å². The molecule has 0 saturated heterocycles. The van der Waals surface area contributed by atoms with Gasteiger partial charge in [0.15, 0.2) is 17.4 Å². The van der Waals surface area contributed by atoms with E-state index in [4.69, 9.17) is 0 Å².